The number of carbonyl (C=O) groups is 3. The third-order valence-electron chi connectivity index (χ3n) is 9.09. The quantitative estimate of drug-likeness (QED) is 0.173. The van der Waals surface area contributed by atoms with Gasteiger partial charge in [-0.3, -0.25) is 24.0 Å². The van der Waals surface area contributed by atoms with Crippen LogP contribution >= 0.6 is 11.6 Å². The van der Waals surface area contributed by atoms with E-state index in [9.17, 15) is 23.9 Å². The number of hydrogen-bond acceptors (Lipinski definition) is 7. The molecule has 0 spiro atoms. The van der Waals surface area contributed by atoms with Crippen molar-refractivity contribution in [3.05, 3.63) is 106 Å². The number of nitrogens with zero attached hydrogens (tertiary/aromatic N) is 4. The standard InChI is InChI=1S/C36H31ClF2N6O5/c1-50-30-12-19(11-20-17-44(22-7-8-22)43-33(20)30)35(48)41-18-36(49,21-5-3-2-4-6-21)31-14-23(45-29(34(40)47)9-10-32(45)46)13-28(42-31)24-15-25(37)27(39)16-26(24)38/h2-6,11-17,22,29,49H,7-10,18H2,1H3,(H2,40,47)(H,41,48)/t29?,36-/m1/s1. The minimum atomic E-state index is -2.09. The van der Waals surface area contributed by atoms with Crippen LogP contribution in [0.25, 0.3) is 22.2 Å². The Morgan fingerprint density at radius 3 is 2.54 bits per heavy atom. The number of amides is 3. The molecule has 256 valence electrons. The summed E-state index contributed by atoms with van der Waals surface area (Å²) >= 11 is 6.03. The first-order valence-corrected chi connectivity index (χ1v) is 16.3. The Morgan fingerprint density at radius 2 is 1.84 bits per heavy atom. The molecule has 7 rings (SSSR count). The van der Waals surface area contributed by atoms with Gasteiger partial charge in [0.05, 0.1) is 36.1 Å². The number of fused-ring (bicyclic) bond motifs is 1. The largest absolute Gasteiger partial charge is 0.494 e. The molecule has 5 aromatic rings. The number of aliphatic hydroxyl groups is 1. The van der Waals surface area contributed by atoms with E-state index >= 15 is 4.39 Å². The van der Waals surface area contributed by atoms with E-state index in [4.69, 9.17) is 22.1 Å². The Balaban J connectivity index is 1.33. The van der Waals surface area contributed by atoms with Gasteiger partial charge in [-0.1, -0.05) is 41.9 Å². The fourth-order valence-electron chi connectivity index (χ4n) is 6.30. The molecule has 14 heteroatoms. The van der Waals surface area contributed by atoms with Gasteiger partial charge in [0.25, 0.3) is 5.91 Å². The second kappa shape index (κ2) is 12.8. The Labute approximate surface area is 289 Å². The maximum absolute atomic E-state index is 15.3. The van der Waals surface area contributed by atoms with E-state index in [0.717, 1.165) is 18.9 Å². The van der Waals surface area contributed by atoms with E-state index in [1.807, 2.05) is 10.9 Å². The molecule has 4 N–H and O–H groups in total. The van der Waals surface area contributed by atoms with Crippen LogP contribution in [0.3, 0.4) is 0 Å². The number of nitrogens with two attached hydrogens (primary N) is 1. The van der Waals surface area contributed by atoms with E-state index in [1.54, 1.807) is 42.5 Å². The summed E-state index contributed by atoms with van der Waals surface area (Å²) in [6.07, 6.45) is 4.07. The van der Waals surface area contributed by atoms with Gasteiger partial charge in [-0.15, -0.1) is 0 Å². The van der Waals surface area contributed by atoms with Gasteiger partial charge in [0.2, 0.25) is 11.8 Å². The van der Waals surface area contributed by atoms with Crippen molar-refractivity contribution in [3.8, 4) is 17.0 Å². The molecule has 2 aliphatic rings. The van der Waals surface area contributed by atoms with Crippen LogP contribution in [0.1, 0.15) is 53.3 Å². The molecule has 0 bridgehead atoms. The zero-order valence-electron chi connectivity index (χ0n) is 26.7. The average molecular weight is 701 g/mol. The van der Waals surface area contributed by atoms with Gasteiger partial charge in [0.15, 0.2) is 0 Å². The van der Waals surface area contributed by atoms with Crippen LogP contribution < -0.4 is 20.7 Å². The highest BCUT2D eigenvalue weighted by atomic mass is 35.5. The van der Waals surface area contributed by atoms with Crippen LogP contribution in [0, 0.1) is 11.6 Å². The van der Waals surface area contributed by atoms with Crippen molar-refractivity contribution in [2.24, 2.45) is 5.73 Å². The van der Waals surface area contributed by atoms with Gasteiger partial charge in [-0.05, 0) is 55.2 Å². The smallest absolute Gasteiger partial charge is 0.251 e. The first-order valence-electron chi connectivity index (χ1n) is 15.9. The SMILES string of the molecule is COc1cc(C(=O)NC[C@@](O)(c2ccccc2)c2cc(N3C(=O)CCC3C(N)=O)cc(-c3cc(Cl)c(F)cc3F)n2)cc2cn(C3CC3)nc12. The predicted molar refractivity (Wildman–Crippen MR) is 181 cm³/mol. The molecule has 2 atom stereocenters. The number of rotatable bonds is 10. The number of benzene rings is 3. The third-order valence-corrected chi connectivity index (χ3v) is 9.38. The van der Waals surface area contributed by atoms with E-state index in [1.165, 1.54) is 24.1 Å². The van der Waals surface area contributed by atoms with Crippen molar-refractivity contribution < 1.29 is 33.0 Å². The summed E-state index contributed by atoms with van der Waals surface area (Å²) < 4.78 is 36.9. The van der Waals surface area contributed by atoms with E-state index in [-0.39, 0.29) is 46.1 Å². The first-order chi connectivity index (χ1) is 24.0. The molecule has 3 aromatic carbocycles. The second-order valence-electron chi connectivity index (χ2n) is 12.4. The van der Waals surface area contributed by atoms with Crippen molar-refractivity contribution in [1.82, 2.24) is 20.1 Å². The first kappa shape index (κ1) is 33.1. The number of primary amides is 1. The Hall–Kier alpha value is -5.40. The van der Waals surface area contributed by atoms with Gasteiger partial charge >= 0.3 is 0 Å². The molecule has 1 unspecified atom stereocenters. The molecule has 1 saturated carbocycles. The van der Waals surface area contributed by atoms with Gasteiger partial charge < -0.3 is 20.9 Å². The number of hydrogen-bond donors (Lipinski definition) is 3. The summed E-state index contributed by atoms with van der Waals surface area (Å²) in [4.78, 5) is 45.0. The average Bonchev–Trinajstić information content (AvgIpc) is 3.75. The summed E-state index contributed by atoms with van der Waals surface area (Å²) in [7, 11) is 1.49. The molecule has 3 amide bonds. The highest BCUT2D eigenvalue weighted by Crippen LogP contribution is 2.39. The number of aromatic nitrogens is 3. The normalized spacial score (nSPS) is 17.2. The van der Waals surface area contributed by atoms with Crippen molar-refractivity contribution in [1.29, 1.82) is 0 Å². The number of ether oxygens (including phenoxy) is 1. The van der Waals surface area contributed by atoms with Gasteiger partial charge in [-0.25, -0.2) is 13.8 Å². The number of halogens is 3. The summed E-state index contributed by atoms with van der Waals surface area (Å²) in [6.45, 7) is -0.437. The molecular weight excluding hydrogens is 670 g/mol. The molecule has 3 heterocycles. The molecule has 1 aliphatic heterocycles. The second-order valence-corrected chi connectivity index (χ2v) is 12.8. The van der Waals surface area contributed by atoms with Gasteiger partial charge in [0, 0.05) is 40.9 Å². The zero-order chi connectivity index (χ0) is 35.3. The molecule has 2 aromatic heterocycles. The van der Waals surface area contributed by atoms with Crippen molar-refractivity contribution in [2.45, 2.75) is 43.4 Å². The summed E-state index contributed by atoms with van der Waals surface area (Å²) in [5.41, 5.74) is 4.34. The molecule has 1 saturated heterocycles. The Morgan fingerprint density at radius 1 is 1.08 bits per heavy atom. The monoisotopic (exact) mass is 700 g/mol. The Kier molecular flexibility index (Phi) is 8.48. The van der Waals surface area contributed by atoms with Crippen LogP contribution in [0.5, 0.6) is 5.75 Å². The fourth-order valence-corrected chi connectivity index (χ4v) is 6.46. The van der Waals surface area contributed by atoms with Crippen LogP contribution in [-0.2, 0) is 15.2 Å². The number of methoxy groups -OCH3 is 1. The number of anilines is 1. The van der Waals surface area contributed by atoms with E-state index < -0.39 is 47.5 Å². The lowest BCUT2D eigenvalue weighted by Crippen LogP contribution is -2.44. The Bertz CT molecular complexity index is 2180. The highest BCUT2D eigenvalue weighted by molar-refractivity contribution is 6.31. The van der Waals surface area contributed by atoms with E-state index in [0.29, 0.717) is 34.3 Å². The maximum Gasteiger partial charge on any atom is 0.251 e. The lowest BCUT2D eigenvalue weighted by Gasteiger charge is -2.31. The summed E-state index contributed by atoms with van der Waals surface area (Å²) in [5.74, 6) is -3.33. The lowest BCUT2D eigenvalue weighted by molar-refractivity contribution is -0.121. The van der Waals surface area contributed by atoms with Crippen molar-refractivity contribution >= 4 is 45.9 Å². The zero-order valence-corrected chi connectivity index (χ0v) is 27.5. The summed E-state index contributed by atoms with van der Waals surface area (Å²) in [6, 6.07) is 15.2. The van der Waals surface area contributed by atoms with Gasteiger partial charge in [0.1, 0.15) is 34.5 Å². The van der Waals surface area contributed by atoms with Crippen molar-refractivity contribution in [3.63, 3.8) is 0 Å². The topological polar surface area (TPSA) is 153 Å². The van der Waals surface area contributed by atoms with Crippen LogP contribution in [0.15, 0.2) is 72.9 Å². The van der Waals surface area contributed by atoms with Crippen LogP contribution in [0.4, 0.5) is 14.5 Å². The molecule has 50 heavy (non-hydrogen) atoms. The van der Waals surface area contributed by atoms with Crippen LogP contribution in [0.2, 0.25) is 5.02 Å². The molecule has 0 radical (unpaired) electrons. The molecule has 1 aliphatic carbocycles. The maximum atomic E-state index is 15.3. The molecule has 11 nitrogen and oxygen atoms in total. The number of pyridine rings is 1. The fraction of sp³-hybridized carbons (Fsp3) is 0.250. The minimum Gasteiger partial charge on any atom is -0.494 e. The number of carbonyl (C=O) groups excluding carboxylic acids is 3. The summed E-state index contributed by atoms with van der Waals surface area (Å²) in [5, 5.41) is 20.3. The molecule has 2 fully saturated rings. The van der Waals surface area contributed by atoms with Crippen molar-refractivity contribution in [2.75, 3.05) is 18.6 Å². The highest BCUT2D eigenvalue weighted by Gasteiger charge is 2.39. The lowest BCUT2D eigenvalue weighted by atomic mass is 9.88. The van der Waals surface area contributed by atoms with Gasteiger partial charge in [-0.2, -0.15) is 5.10 Å². The van der Waals surface area contributed by atoms with Crippen LogP contribution in [-0.4, -0.2) is 57.3 Å². The predicted octanol–water partition coefficient (Wildman–Crippen LogP) is 5.02. The molecular formula is C36H31ClF2N6O5. The number of nitrogens with one attached hydrogen (secondary N) is 1. The van der Waals surface area contributed by atoms with E-state index in [2.05, 4.69) is 15.4 Å². The minimum absolute atomic E-state index is 0.0176. The third kappa shape index (κ3) is 6.03.